The summed E-state index contributed by atoms with van der Waals surface area (Å²) in [5, 5.41) is 2.90. The number of hydrogen-bond acceptors (Lipinski definition) is 3. The molecule has 0 aromatic carbocycles. The fourth-order valence-electron chi connectivity index (χ4n) is 2.02. The molecular weight excluding hydrogens is 190 g/mol. The van der Waals surface area contributed by atoms with Gasteiger partial charge in [-0.15, -0.1) is 0 Å². The molecule has 0 saturated carbocycles. The van der Waals surface area contributed by atoms with E-state index in [2.05, 4.69) is 17.1 Å². The van der Waals surface area contributed by atoms with Crippen LogP contribution in [-0.2, 0) is 4.79 Å². The second-order valence-electron chi connectivity index (χ2n) is 4.19. The van der Waals surface area contributed by atoms with Crippen LogP contribution in [0.3, 0.4) is 0 Å². The molecule has 1 aliphatic heterocycles. The Kier molecular flexibility index (Phi) is 5.65. The van der Waals surface area contributed by atoms with E-state index in [1.807, 2.05) is 0 Å². The molecule has 88 valence electrons. The molecular formula is C11H23N3O. The van der Waals surface area contributed by atoms with Crippen LogP contribution in [0, 0.1) is 0 Å². The van der Waals surface area contributed by atoms with Crippen LogP contribution >= 0.6 is 0 Å². The van der Waals surface area contributed by atoms with Crippen molar-refractivity contribution in [1.82, 2.24) is 10.2 Å². The highest BCUT2D eigenvalue weighted by molar-refractivity contribution is 5.76. The Morgan fingerprint density at radius 1 is 1.47 bits per heavy atom. The van der Waals surface area contributed by atoms with Crippen molar-refractivity contribution in [2.45, 2.75) is 38.6 Å². The average molecular weight is 213 g/mol. The monoisotopic (exact) mass is 213 g/mol. The van der Waals surface area contributed by atoms with E-state index in [4.69, 9.17) is 5.73 Å². The first-order valence-electron chi connectivity index (χ1n) is 5.98. The summed E-state index contributed by atoms with van der Waals surface area (Å²) in [6, 6.07) is 0.240. The minimum atomic E-state index is 0.138. The molecule has 4 heteroatoms. The van der Waals surface area contributed by atoms with Gasteiger partial charge in [0.25, 0.3) is 0 Å². The summed E-state index contributed by atoms with van der Waals surface area (Å²) in [5.74, 6) is 0.138. The molecule has 0 bridgehead atoms. The molecule has 0 aliphatic carbocycles. The number of carbonyl (C=O) groups excluding carboxylic acids is 1. The molecule has 1 fully saturated rings. The van der Waals surface area contributed by atoms with Gasteiger partial charge in [0, 0.05) is 25.6 Å². The van der Waals surface area contributed by atoms with Gasteiger partial charge in [-0.1, -0.05) is 6.92 Å². The minimum absolute atomic E-state index is 0.138. The molecule has 1 heterocycles. The van der Waals surface area contributed by atoms with E-state index >= 15 is 0 Å². The van der Waals surface area contributed by atoms with Gasteiger partial charge in [0.05, 0.1) is 0 Å². The second kappa shape index (κ2) is 6.80. The third-order valence-electron chi connectivity index (χ3n) is 2.92. The van der Waals surface area contributed by atoms with Crippen molar-refractivity contribution in [3.8, 4) is 0 Å². The highest BCUT2D eigenvalue weighted by Crippen LogP contribution is 2.13. The number of nitrogens with one attached hydrogen (secondary N) is 1. The molecule has 1 rings (SSSR count). The van der Waals surface area contributed by atoms with Crippen molar-refractivity contribution in [2.24, 2.45) is 5.73 Å². The fraction of sp³-hybridized carbons (Fsp3) is 0.909. The third kappa shape index (κ3) is 4.18. The smallest absolute Gasteiger partial charge is 0.221 e. The first-order valence-corrected chi connectivity index (χ1v) is 5.98. The number of rotatable bonds is 6. The van der Waals surface area contributed by atoms with Gasteiger partial charge in [0.1, 0.15) is 0 Å². The van der Waals surface area contributed by atoms with E-state index in [-0.39, 0.29) is 11.9 Å². The zero-order chi connectivity index (χ0) is 11.1. The lowest BCUT2D eigenvalue weighted by Gasteiger charge is -2.25. The summed E-state index contributed by atoms with van der Waals surface area (Å²) in [4.78, 5) is 13.9. The summed E-state index contributed by atoms with van der Waals surface area (Å²) in [6.45, 7) is 5.61. The van der Waals surface area contributed by atoms with Crippen molar-refractivity contribution in [3.63, 3.8) is 0 Å². The topological polar surface area (TPSA) is 58.4 Å². The number of nitrogens with two attached hydrogens (primary N) is 1. The van der Waals surface area contributed by atoms with E-state index in [9.17, 15) is 4.79 Å². The summed E-state index contributed by atoms with van der Waals surface area (Å²) in [5.41, 5.74) is 5.71. The molecule has 1 unspecified atom stereocenters. The molecule has 1 aliphatic rings. The SMILES string of the molecule is CCCNC(=O)CC(CN)N1CCCC1. The van der Waals surface area contributed by atoms with Gasteiger partial charge in [0.2, 0.25) is 5.91 Å². The van der Waals surface area contributed by atoms with Gasteiger partial charge in [0.15, 0.2) is 0 Å². The van der Waals surface area contributed by atoms with Crippen molar-refractivity contribution in [1.29, 1.82) is 0 Å². The largest absolute Gasteiger partial charge is 0.356 e. The van der Waals surface area contributed by atoms with Crippen LogP contribution in [-0.4, -0.2) is 43.0 Å². The highest BCUT2D eigenvalue weighted by Gasteiger charge is 2.22. The van der Waals surface area contributed by atoms with Crippen LogP contribution in [0.15, 0.2) is 0 Å². The van der Waals surface area contributed by atoms with Crippen LogP contribution in [0.25, 0.3) is 0 Å². The van der Waals surface area contributed by atoms with Gasteiger partial charge < -0.3 is 11.1 Å². The molecule has 0 aromatic rings. The first-order chi connectivity index (χ1) is 7.27. The molecule has 0 spiro atoms. The lowest BCUT2D eigenvalue weighted by molar-refractivity contribution is -0.122. The molecule has 3 N–H and O–H groups in total. The van der Waals surface area contributed by atoms with Gasteiger partial charge in [-0.3, -0.25) is 9.69 Å². The summed E-state index contributed by atoms with van der Waals surface area (Å²) >= 11 is 0. The number of hydrogen-bond donors (Lipinski definition) is 2. The second-order valence-corrected chi connectivity index (χ2v) is 4.19. The molecule has 1 saturated heterocycles. The average Bonchev–Trinajstić information content (AvgIpc) is 2.76. The predicted octanol–water partition coefficient (Wildman–Crippen LogP) is 0.326. The maximum Gasteiger partial charge on any atom is 0.221 e. The summed E-state index contributed by atoms with van der Waals surface area (Å²) in [6.07, 6.45) is 4.03. The third-order valence-corrected chi connectivity index (χ3v) is 2.92. The highest BCUT2D eigenvalue weighted by atomic mass is 16.1. The maximum atomic E-state index is 11.5. The Labute approximate surface area is 92.2 Å². The molecule has 0 aromatic heterocycles. The summed E-state index contributed by atoms with van der Waals surface area (Å²) < 4.78 is 0. The zero-order valence-corrected chi connectivity index (χ0v) is 9.67. The van der Waals surface area contributed by atoms with Crippen LogP contribution < -0.4 is 11.1 Å². The predicted molar refractivity (Wildman–Crippen MR) is 61.6 cm³/mol. The van der Waals surface area contributed by atoms with Crippen LogP contribution in [0.2, 0.25) is 0 Å². The van der Waals surface area contributed by atoms with Gasteiger partial charge in [-0.05, 0) is 32.4 Å². The first kappa shape index (κ1) is 12.5. The van der Waals surface area contributed by atoms with Gasteiger partial charge >= 0.3 is 0 Å². The summed E-state index contributed by atoms with van der Waals surface area (Å²) in [7, 11) is 0. The van der Waals surface area contributed by atoms with E-state index in [0.29, 0.717) is 13.0 Å². The Hall–Kier alpha value is -0.610. The van der Waals surface area contributed by atoms with E-state index < -0.39 is 0 Å². The van der Waals surface area contributed by atoms with E-state index in [1.54, 1.807) is 0 Å². The van der Waals surface area contributed by atoms with Crippen molar-refractivity contribution >= 4 is 5.91 Å². The van der Waals surface area contributed by atoms with E-state index in [1.165, 1.54) is 12.8 Å². The molecule has 15 heavy (non-hydrogen) atoms. The lowest BCUT2D eigenvalue weighted by atomic mass is 10.1. The van der Waals surface area contributed by atoms with Gasteiger partial charge in [-0.2, -0.15) is 0 Å². The van der Waals surface area contributed by atoms with E-state index in [0.717, 1.165) is 26.1 Å². The zero-order valence-electron chi connectivity index (χ0n) is 9.67. The van der Waals surface area contributed by atoms with Crippen LogP contribution in [0.4, 0.5) is 0 Å². The molecule has 1 atom stereocenters. The van der Waals surface area contributed by atoms with Crippen molar-refractivity contribution in [3.05, 3.63) is 0 Å². The number of likely N-dealkylation sites (tertiary alicyclic amines) is 1. The molecule has 0 radical (unpaired) electrons. The fourth-order valence-corrected chi connectivity index (χ4v) is 2.02. The van der Waals surface area contributed by atoms with Crippen LogP contribution in [0.5, 0.6) is 0 Å². The Balaban J connectivity index is 2.28. The Bertz CT molecular complexity index is 190. The van der Waals surface area contributed by atoms with Gasteiger partial charge in [-0.25, -0.2) is 0 Å². The Morgan fingerprint density at radius 2 is 2.13 bits per heavy atom. The van der Waals surface area contributed by atoms with Crippen molar-refractivity contribution in [2.75, 3.05) is 26.2 Å². The number of amides is 1. The number of carbonyl (C=O) groups is 1. The van der Waals surface area contributed by atoms with Crippen LogP contribution in [0.1, 0.15) is 32.6 Å². The lowest BCUT2D eigenvalue weighted by Crippen LogP contribution is -2.42. The molecule has 1 amide bonds. The minimum Gasteiger partial charge on any atom is -0.356 e. The Morgan fingerprint density at radius 3 is 2.67 bits per heavy atom. The maximum absolute atomic E-state index is 11.5. The standard InChI is InChI=1S/C11H23N3O/c1-2-5-13-11(15)8-10(9-12)14-6-3-4-7-14/h10H,2-9,12H2,1H3,(H,13,15). The van der Waals surface area contributed by atoms with Crippen molar-refractivity contribution < 1.29 is 4.79 Å². The number of nitrogens with zero attached hydrogens (tertiary/aromatic N) is 1. The normalized spacial score (nSPS) is 19.1. The quantitative estimate of drug-likeness (QED) is 0.668. The molecule has 4 nitrogen and oxygen atoms in total.